The van der Waals surface area contributed by atoms with Gasteiger partial charge < -0.3 is 24.8 Å². The third-order valence-corrected chi connectivity index (χ3v) is 5.66. The minimum atomic E-state index is -0.821. The van der Waals surface area contributed by atoms with Crippen molar-refractivity contribution in [2.24, 2.45) is 13.0 Å². The summed E-state index contributed by atoms with van der Waals surface area (Å²) in [5.74, 6) is -1.36. The number of carbonyl (C=O) groups is 3. The van der Waals surface area contributed by atoms with E-state index in [1.807, 2.05) is 0 Å². The first-order valence-corrected chi connectivity index (χ1v) is 10.6. The number of piperidine rings is 1. The zero-order valence-corrected chi connectivity index (χ0v) is 18.6. The number of aryl methyl sites for hydroxylation is 1. The molecule has 0 bridgehead atoms. The number of hydrogen-bond donors (Lipinski definition) is 2. The molecule has 10 heteroatoms. The summed E-state index contributed by atoms with van der Waals surface area (Å²) in [6.45, 7) is 1.26. The first kappa shape index (κ1) is 23.3. The lowest BCUT2D eigenvalue weighted by Gasteiger charge is -2.32. The van der Waals surface area contributed by atoms with Crippen LogP contribution in [-0.2, 0) is 16.6 Å². The van der Waals surface area contributed by atoms with Crippen molar-refractivity contribution < 1.29 is 19.1 Å². The van der Waals surface area contributed by atoms with E-state index in [4.69, 9.17) is 16.3 Å². The maximum absolute atomic E-state index is 12.7. The highest BCUT2D eigenvalue weighted by Gasteiger charge is 2.26. The van der Waals surface area contributed by atoms with Crippen LogP contribution in [0.5, 0.6) is 5.75 Å². The van der Waals surface area contributed by atoms with E-state index in [2.05, 4.69) is 10.6 Å². The molecule has 0 aliphatic carbocycles. The molecule has 32 heavy (non-hydrogen) atoms. The second kappa shape index (κ2) is 10.3. The number of pyridine rings is 1. The van der Waals surface area contributed by atoms with E-state index in [-0.39, 0.29) is 22.9 Å². The van der Waals surface area contributed by atoms with E-state index in [0.29, 0.717) is 48.9 Å². The summed E-state index contributed by atoms with van der Waals surface area (Å²) in [6, 6.07) is 7.91. The van der Waals surface area contributed by atoms with Gasteiger partial charge >= 0.3 is 11.8 Å². The molecule has 9 nitrogen and oxygen atoms in total. The van der Waals surface area contributed by atoms with Gasteiger partial charge in [0.05, 0.1) is 12.8 Å². The SMILES string of the molecule is COc1ccc(Cl)cc1NC(=O)C(=O)NCC1CCN(C(=O)c2cccn(C)c2=O)CC1. The Morgan fingerprint density at radius 1 is 1.16 bits per heavy atom. The summed E-state index contributed by atoms with van der Waals surface area (Å²) in [7, 11) is 3.05. The van der Waals surface area contributed by atoms with Crippen molar-refractivity contribution in [3.8, 4) is 5.75 Å². The second-order valence-corrected chi connectivity index (χ2v) is 8.02. The third kappa shape index (κ3) is 5.47. The van der Waals surface area contributed by atoms with Crippen LogP contribution in [-0.4, -0.2) is 53.9 Å². The van der Waals surface area contributed by atoms with Crippen molar-refractivity contribution >= 4 is 35.0 Å². The molecule has 0 radical (unpaired) electrons. The van der Waals surface area contributed by atoms with E-state index in [1.54, 1.807) is 36.3 Å². The maximum atomic E-state index is 12.7. The zero-order valence-electron chi connectivity index (χ0n) is 17.9. The van der Waals surface area contributed by atoms with Gasteiger partial charge in [0.1, 0.15) is 11.3 Å². The molecule has 2 heterocycles. The number of aromatic nitrogens is 1. The van der Waals surface area contributed by atoms with Gasteiger partial charge in [0.25, 0.3) is 11.5 Å². The van der Waals surface area contributed by atoms with Crippen LogP contribution in [0.2, 0.25) is 5.02 Å². The quantitative estimate of drug-likeness (QED) is 0.659. The van der Waals surface area contributed by atoms with E-state index in [0.717, 1.165) is 0 Å². The lowest BCUT2D eigenvalue weighted by molar-refractivity contribution is -0.136. The Morgan fingerprint density at radius 3 is 2.56 bits per heavy atom. The normalized spacial score (nSPS) is 14.0. The highest BCUT2D eigenvalue weighted by molar-refractivity contribution is 6.40. The molecule has 1 aliphatic heterocycles. The molecule has 1 aromatic carbocycles. The maximum Gasteiger partial charge on any atom is 0.313 e. The summed E-state index contributed by atoms with van der Waals surface area (Å²) in [4.78, 5) is 50.9. The molecule has 0 atom stereocenters. The third-order valence-electron chi connectivity index (χ3n) is 5.42. The average molecular weight is 461 g/mol. The number of carbonyl (C=O) groups excluding carboxylic acids is 3. The average Bonchev–Trinajstić information content (AvgIpc) is 2.79. The number of ether oxygens (including phenoxy) is 1. The Bertz CT molecular complexity index is 1080. The minimum absolute atomic E-state index is 0.120. The van der Waals surface area contributed by atoms with Gasteiger partial charge in [0, 0.05) is 37.9 Å². The molecule has 170 valence electrons. The molecule has 0 saturated carbocycles. The number of methoxy groups -OCH3 is 1. The van der Waals surface area contributed by atoms with Crippen LogP contribution in [0.3, 0.4) is 0 Å². The molecule has 1 saturated heterocycles. The Balaban J connectivity index is 1.48. The van der Waals surface area contributed by atoms with Gasteiger partial charge in [-0.25, -0.2) is 0 Å². The smallest absolute Gasteiger partial charge is 0.313 e. The molecule has 3 rings (SSSR count). The number of anilines is 1. The van der Waals surface area contributed by atoms with E-state index in [1.165, 1.54) is 23.8 Å². The fourth-order valence-electron chi connectivity index (χ4n) is 3.54. The van der Waals surface area contributed by atoms with Gasteiger partial charge in [-0.2, -0.15) is 0 Å². The summed E-state index contributed by atoms with van der Waals surface area (Å²) in [6.07, 6.45) is 2.92. The molecule has 1 aliphatic rings. The number of rotatable bonds is 5. The first-order valence-electron chi connectivity index (χ1n) is 10.2. The monoisotopic (exact) mass is 460 g/mol. The molecule has 2 aromatic rings. The number of halogens is 1. The predicted molar refractivity (Wildman–Crippen MR) is 120 cm³/mol. The van der Waals surface area contributed by atoms with Crippen LogP contribution in [0.4, 0.5) is 5.69 Å². The summed E-state index contributed by atoms with van der Waals surface area (Å²) in [5.41, 5.74) is 0.128. The molecule has 0 spiro atoms. The largest absolute Gasteiger partial charge is 0.495 e. The van der Waals surface area contributed by atoms with Crippen LogP contribution in [0, 0.1) is 5.92 Å². The Morgan fingerprint density at radius 2 is 1.88 bits per heavy atom. The van der Waals surface area contributed by atoms with Gasteiger partial charge in [-0.15, -0.1) is 0 Å². The number of likely N-dealkylation sites (tertiary alicyclic amines) is 1. The van der Waals surface area contributed by atoms with Gasteiger partial charge in [-0.1, -0.05) is 11.6 Å². The number of nitrogens with zero attached hydrogens (tertiary/aromatic N) is 2. The standard InChI is InChI=1S/C22H25ClN4O5/c1-26-9-3-4-16(21(26)30)22(31)27-10-7-14(8-11-27)13-24-19(28)20(29)25-17-12-15(23)5-6-18(17)32-2/h3-6,9,12,14H,7-8,10-11,13H2,1-2H3,(H,24,28)(H,25,29). The molecular weight excluding hydrogens is 436 g/mol. The topological polar surface area (TPSA) is 110 Å². The number of benzene rings is 1. The fraction of sp³-hybridized carbons (Fsp3) is 0.364. The van der Waals surface area contributed by atoms with Gasteiger partial charge in [0.15, 0.2) is 0 Å². The molecular formula is C22H25ClN4O5. The molecule has 3 amide bonds. The Hall–Kier alpha value is -3.33. The first-order chi connectivity index (χ1) is 15.3. The van der Waals surface area contributed by atoms with Crippen LogP contribution in [0.25, 0.3) is 0 Å². The van der Waals surface area contributed by atoms with E-state index in [9.17, 15) is 19.2 Å². The van der Waals surface area contributed by atoms with E-state index < -0.39 is 11.8 Å². The molecule has 0 unspecified atom stereocenters. The van der Waals surface area contributed by atoms with Crippen LogP contribution in [0.15, 0.2) is 41.3 Å². The number of amides is 3. The van der Waals surface area contributed by atoms with Gasteiger partial charge in [-0.05, 0) is 49.1 Å². The van der Waals surface area contributed by atoms with Crippen molar-refractivity contribution in [2.75, 3.05) is 32.1 Å². The molecule has 1 fully saturated rings. The van der Waals surface area contributed by atoms with Crippen LogP contribution < -0.4 is 20.9 Å². The Kier molecular flexibility index (Phi) is 7.53. The highest BCUT2D eigenvalue weighted by atomic mass is 35.5. The summed E-state index contributed by atoms with van der Waals surface area (Å²) >= 11 is 5.94. The van der Waals surface area contributed by atoms with Crippen molar-refractivity contribution in [1.29, 1.82) is 0 Å². The van der Waals surface area contributed by atoms with Crippen molar-refractivity contribution in [1.82, 2.24) is 14.8 Å². The molecule has 2 N–H and O–H groups in total. The summed E-state index contributed by atoms with van der Waals surface area (Å²) < 4.78 is 6.53. The lowest BCUT2D eigenvalue weighted by atomic mass is 9.96. The Labute approximate surface area is 190 Å². The van der Waals surface area contributed by atoms with Gasteiger partial charge in [-0.3, -0.25) is 19.2 Å². The predicted octanol–water partition coefficient (Wildman–Crippen LogP) is 1.65. The highest BCUT2D eigenvalue weighted by Crippen LogP contribution is 2.27. The van der Waals surface area contributed by atoms with E-state index >= 15 is 0 Å². The second-order valence-electron chi connectivity index (χ2n) is 7.58. The van der Waals surface area contributed by atoms with Crippen LogP contribution in [0.1, 0.15) is 23.2 Å². The minimum Gasteiger partial charge on any atom is -0.495 e. The van der Waals surface area contributed by atoms with Crippen molar-refractivity contribution in [3.05, 3.63) is 57.5 Å². The number of hydrogen-bond acceptors (Lipinski definition) is 5. The number of nitrogens with one attached hydrogen (secondary N) is 2. The van der Waals surface area contributed by atoms with Crippen molar-refractivity contribution in [2.45, 2.75) is 12.8 Å². The van der Waals surface area contributed by atoms with Crippen LogP contribution >= 0.6 is 11.6 Å². The zero-order chi connectivity index (χ0) is 23.3. The lowest BCUT2D eigenvalue weighted by Crippen LogP contribution is -2.44. The summed E-state index contributed by atoms with van der Waals surface area (Å²) in [5, 5.41) is 5.53. The fourth-order valence-corrected chi connectivity index (χ4v) is 3.72. The molecule has 1 aromatic heterocycles. The van der Waals surface area contributed by atoms with Crippen molar-refractivity contribution in [3.63, 3.8) is 0 Å². The van der Waals surface area contributed by atoms with Gasteiger partial charge in [0.2, 0.25) is 0 Å².